The molecule has 0 aliphatic carbocycles. The van der Waals surface area contributed by atoms with Gasteiger partial charge in [0.15, 0.2) is 0 Å². The molecule has 1 rings (SSSR count). The van der Waals surface area contributed by atoms with E-state index < -0.39 is 0 Å². The maximum atomic E-state index is 5.77. The van der Waals surface area contributed by atoms with Gasteiger partial charge in [0.2, 0.25) is 0 Å². The second-order valence-corrected chi connectivity index (χ2v) is 1.77. The molecule has 0 heterocycles. The Hall–Kier alpha value is -1.18. The van der Waals surface area contributed by atoms with Crippen LogP contribution in [0.25, 0.3) is 0 Å². The van der Waals surface area contributed by atoms with Gasteiger partial charge in [-0.3, -0.25) is 0 Å². The Kier molecular flexibility index (Phi) is 18.4. The molecule has 0 unspecified atom stereocenters. The molecule has 0 aliphatic heterocycles. The van der Waals surface area contributed by atoms with E-state index in [1.165, 1.54) is 0 Å². The summed E-state index contributed by atoms with van der Waals surface area (Å²) in [6, 6.07) is 12.0. The summed E-state index contributed by atoms with van der Waals surface area (Å²) in [4.78, 5) is 0. The minimum Gasteiger partial charge on any atom is -0.248 e. The van der Waals surface area contributed by atoms with Gasteiger partial charge in [0.05, 0.1) is 10.3 Å². The van der Waals surface area contributed by atoms with Crippen LogP contribution in [-0.4, -0.2) is 10.3 Å². The highest BCUT2D eigenvalue weighted by Gasteiger charge is 1.57. The minimum atomic E-state index is 1.58. The van der Waals surface area contributed by atoms with E-state index in [1.807, 2.05) is 36.4 Å². The number of hydrogen-bond donors (Lipinski definition) is 2. The van der Waals surface area contributed by atoms with Crippen LogP contribution in [0.15, 0.2) is 36.4 Å². The summed E-state index contributed by atoms with van der Waals surface area (Å²) in [7, 11) is 0. The molecule has 62 valence electrons. The summed E-state index contributed by atoms with van der Waals surface area (Å²) in [5, 5.41) is 14.7. The van der Waals surface area contributed by atoms with Gasteiger partial charge in [0.25, 0.3) is 0 Å². The number of rotatable bonds is 0. The maximum absolute atomic E-state index is 5.77. The molecule has 0 saturated heterocycles. The zero-order chi connectivity index (χ0) is 9.66. The molecule has 0 bridgehead atoms. The van der Waals surface area contributed by atoms with Crippen molar-refractivity contribution in [3.63, 3.8) is 0 Å². The zero-order valence-electron chi connectivity index (χ0n) is 6.28. The third kappa shape index (κ3) is 23.2. The van der Waals surface area contributed by atoms with Crippen LogP contribution in [0.1, 0.15) is 0 Å². The predicted octanol–water partition coefficient (Wildman–Crippen LogP) is 3.02. The first kappa shape index (κ1) is 13.4. The zero-order valence-corrected chi connectivity index (χ0v) is 7.91. The van der Waals surface area contributed by atoms with E-state index in [9.17, 15) is 0 Å². The van der Waals surface area contributed by atoms with Crippen LogP contribution < -0.4 is 0 Å². The lowest BCUT2D eigenvalue weighted by atomic mass is 10.4. The van der Waals surface area contributed by atoms with Gasteiger partial charge in [-0.2, -0.15) is 0 Å². The Morgan fingerprint density at radius 1 is 0.667 bits per heavy atom. The van der Waals surface area contributed by atoms with E-state index in [2.05, 4.69) is 24.4 Å². The van der Waals surface area contributed by atoms with Crippen LogP contribution in [0.2, 0.25) is 0 Å². The molecule has 0 amide bonds. The quantitative estimate of drug-likeness (QED) is 0.495. The number of hydrogen-bond acceptors (Lipinski definition) is 4. The van der Waals surface area contributed by atoms with Crippen molar-refractivity contribution in [2.24, 2.45) is 0 Å². The van der Waals surface area contributed by atoms with Crippen LogP contribution in [0.4, 0.5) is 0 Å². The van der Waals surface area contributed by atoms with Crippen molar-refractivity contribution in [1.29, 1.82) is 10.8 Å². The highest BCUT2D eigenvalue weighted by atomic mass is 32.1. The number of thiocarbonyl (C=S) groups is 2. The third-order valence-corrected chi connectivity index (χ3v) is 0.667. The predicted molar refractivity (Wildman–Crippen MR) is 57.1 cm³/mol. The average Bonchev–Trinajstić information content (AvgIpc) is 2.10. The Bertz CT molecular complexity index is 196. The lowest BCUT2D eigenvalue weighted by Gasteiger charge is -1.69. The standard InChI is InChI=1S/C6H6.2CHNS/c1-2-4-6-5-3-1;2*2-1-3/h1-6H;2*2H. The Morgan fingerprint density at radius 3 is 0.833 bits per heavy atom. The van der Waals surface area contributed by atoms with Crippen molar-refractivity contribution in [3.05, 3.63) is 36.4 Å². The average molecular weight is 196 g/mol. The Balaban J connectivity index is 0. The van der Waals surface area contributed by atoms with Crippen LogP contribution in [0, 0.1) is 10.8 Å². The van der Waals surface area contributed by atoms with Gasteiger partial charge in [-0.15, -0.1) is 0 Å². The lowest BCUT2D eigenvalue weighted by Crippen LogP contribution is -1.47. The van der Waals surface area contributed by atoms with Gasteiger partial charge in [0, 0.05) is 0 Å². The first-order chi connectivity index (χ1) is 5.83. The summed E-state index contributed by atoms with van der Waals surface area (Å²) >= 11 is 7.62. The monoisotopic (exact) mass is 196 g/mol. The molecule has 1 aromatic carbocycles. The van der Waals surface area contributed by atoms with Crippen LogP contribution in [-0.2, 0) is 0 Å². The molecule has 0 aliphatic rings. The van der Waals surface area contributed by atoms with Crippen LogP contribution >= 0.6 is 24.4 Å². The molecule has 0 saturated carbocycles. The molecule has 0 fully saturated rings. The first-order valence-corrected chi connectivity index (χ1v) is 3.72. The first-order valence-electron chi connectivity index (χ1n) is 2.91. The fourth-order valence-electron chi connectivity index (χ4n) is 0.385. The van der Waals surface area contributed by atoms with Gasteiger partial charge in [-0.1, -0.05) is 36.4 Å². The molecule has 0 atom stereocenters. The molecule has 0 spiro atoms. The van der Waals surface area contributed by atoms with Crippen molar-refractivity contribution in [2.45, 2.75) is 0 Å². The molecule has 4 heteroatoms. The summed E-state index contributed by atoms with van der Waals surface area (Å²) in [5.41, 5.74) is 0. The topological polar surface area (TPSA) is 47.7 Å². The summed E-state index contributed by atoms with van der Waals surface area (Å²) in [6.45, 7) is 0. The molecule has 2 N–H and O–H groups in total. The fraction of sp³-hybridized carbons (Fsp3) is 0. The van der Waals surface area contributed by atoms with Gasteiger partial charge in [-0.25, -0.2) is 10.8 Å². The van der Waals surface area contributed by atoms with E-state index >= 15 is 0 Å². The smallest absolute Gasteiger partial charge is 0.0554 e. The Morgan fingerprint density at radius 2 is 0.750 bits per heavy atom. The number of benzene rings is 1. The molecule has 0 radical (unpaired) electrons. The second kappa shape index (κ2) is 16.4. The maximum Gasteiger partial charge on any atom is 0.0554 e. The van der Waals surface area contributed by atoms with Gasteiger partial charge in [-0.05, 0) is 24.4 Å². The molecular weight excluding hydrogens is 188 g/mol. The molecule has 1 aromatic rings. The van der Waals surface area contributed by atoms with Crippen molar-refractivity contribution in [1.82, 2.24) is 0 Å². The van der Waals surface area contributed by atoms with Crippen LogP contribution in [0.5, 0.6) is 0 Å². The van der Waals surface area contributed by atoms with E-state index in [0.29, 0.717) is 0 Å². The summed E-state index contributed by atoms with van der Waals surface area (Å²) in [5.74, 6) is 0. The highest BCUT2D eigenvalue weighted by molar-refractivity contribution is 7.78. The van der Waals surface area contributed by atoms with Crippen molar-refractivity contribution >= 4 is 34.8 Å². The summed E-state index contributed by atoms with van der Waals surface area (Å²) in [6.07, 6.45) is 0. The largest absolute Gasteiger partial charge is 0.248 e. The SMILES string of the molecule is N=C=S.N=C=S.c1ccccc1. The van der Waals surface area contributed by atoms with E-state index in [1.54, 1.807) is 10.3 Å². The van der Waals surface area contributed by atoms with Gasteiger partial charge >= 0.3 is 0 Å². The highest BCUT2D eigenvalue weighted by Crippen LogP contribution is 1.79. The second-order valence-electron chi connectivity index (χ2n) is 1.36. The van der Waals surface area contributed by atoms with E-state index in [0.717, 1.165) is 0 Å². The summed E-state index contributed by atoms with van der Waals surface area (Å²) < 4.78 is 0. The van der Waals surface area contributed by atoms with Crippen molar-refractivity contribution in [2.75, 3.05) is 0 Å². The third-order valence-electron chi connectivity index (χ3n) is 0.667. The molecular formula is C8H8N2S2. The van der Waals surface area contributed by atoms with E-state index in [4.69, 9.17) is 10.8 Å². The van der Waals surface area contributed by atoms with Crippen LogP contribution in [0.3, 0.4) is 0 Å². The lowest BCUT2D eigenvalue weighted by molar-refractivity contribution is 1.61. The fourth-order valence-corrected chi connectivity index (χ4v) is 0.385. The van der Waals surface area contributed by atoms with Crippen molar-refractivity contribution < 1.29 is 0 Å². The normalized spacial score (nSPS) is 5.33. The number of isothiocyanates is 2. The minimum absolute atomic E-state index is 1.58. The molecule has 0 aromatic heterocycles. The van der Waals surface area contributed by atoms with Crippen molar-refractivity contribution in [3.8, 4) is 0 Å². The van der Waals surface area contributed by atoms with Gasteiger partial charge in [0.1, 0.15) is 0 Å². The van der Waals surface area contributed by atoms with E-state index in [-0.39, 0.29) is 0 Å². The molecule has 12 heavy (non-hydrogen) atoms. The molecule has 2 nitrogen and oxygen atoms in total. The number of nitrogens with one attached hydrogen (secondary N) is 2. The Labute approximate surface area is 82.3 Å². The van der Waals surface area contributed by atoms with Gasteiger partial charge < -0.3 is 0 Å².